The average molecular weight is 243 g/mol. The Labute approximate surface area is 105 Å². The molecule has 0 aliphatic heterocycles. The van der Waals surface area contributed by atoms with E-state index in [-0.39, 0.29) is 12.4 Å². The Morgan fingerprint density at radius 3 is 2.25 bits per heavy atom. The number of nitrogens with two attached hydrogens (primary N) is 1. The van der Waals surface area contributed by atoms with E-state index >= 15 is 0 Å². The van der Waals surface area contributed by atoms with Crippen molar-refractivity contribution in [1.29, 1.82) is 0 Å². The molecule has 0 atom stereocenters. The summed E-state index contributed by atoms with van der Waals surface area (Å²) in [7, 11) is 4.56. The molecule has 0 saturated carbocycles. The lowest BCUT2D eigenvalue weighted by molar-refractivity contribution is -0.903. The molecule has 0 saturated heterocycles. The average Bonchev–Trinajstić information content (AvgIpc) is 2.18. The summed E-state index contributed by atoms with van der Waals surface area (Å²) in [5.74, 6) is 0. The number of hydrogen-bond acceptors (Lipinski definition) is 1. The zero-order chi connectivity index (χ0) is 11.1. The lowest BCUT2D eigenvalue weighted by Gasteiger charge is -2.29. The highest BCUT2D eigenvalue weighted by Crippen LogP contribution is 2.10. The van der Waals surface area contributed by atoms with Crippen LogP contribution in [-0.4, -0.2) is 31.7 Å². The largest absolute Gasteiger partial charge is 1.00 e. The number of hydrogen-bond donors (Lipinski definition) is 1. The Bertz CT molecular complexity index is 273. The van der Waals surface area contributed by atoms with Crippen LogP contribution < -0.4 is 18.1 Å². The van der Waals surface area contributed by atoms with E-state index in [9.17, 15) is 0 Å². The Morgan fingerprint density at radius 1 is 1.06 bits per heavy atom. The second-order valence-corrected chi connectivity index (χ2v) is 4.80. The summed E-state index contributed by atoms with van der Waals surface area (Å²) in [5.41, 5.74) is 6.92. The third-order valence-electron chi connectivity index (χ3n) is 2.67. The van der Waals surface area contributed by atoms with Crippen LogP contribution in [0.15, 0.2) is 30.3 Å². The van der Waals surface area contributed by atoms with Gasteiger partial charge in [-0.2, -0.15) is 0 Å². The molecule has 0 unspecified atom stereocenters. The van der Waals surface area contributed by atoms with Gasteiger partial charge in [-0.3, -0.25) is 0 Å². The van der Waals surface area contributed by atoms with Gasteiger partial charge in [0.15, 0.2) is 0 Å². The minimum absolute atomic E-state index is 0. The highest BCUT2D eigenvalue weighted by molar-refractivity contribution is 5.13. The van der Waals surface area contributed by atoms with Crippen LogP contribution in [0.3, 0.4) is 0 Å². The van der Waals surface area contributed by atoms with Crippen molar-refractivity contribution in [3.05, 3.63) is 35.9 Å². The van der Waals surface area contributed by atoms with Gasteiger partial charge in [0.05, 0.1) is 20.6 Å². The van der Waals surface area contributed by atoms with Crippen LogP contribution in [0.25, 0.3) is 0 Å². The Balaban J connectivity index is 0.00000225. The molecule has 0 aliphatic carbocycles. The van der Waals surface area contributed by atoms with E-state index in [0.29, 0.717) is 0 Å². The first-order chi connectivity index (χ1) is 7.14. The van der Waals surface area contributed by atoms with Gasteiger partial charge in [-0.15, -0.1) is 0 Å². The number of rotatable bonds is 6. The monoisotopic (exact) mass is 242 g/mol. The van der Waals surface area contributed by atoms with Crippen molar-refractivity contribution in [3.8, 4) is 0 Å². The Morgan fingerprint density at radius 2 is 1.69 bits per heavy atom. The van der Waals surface area contributed by atoms with Crippen LogP contribution in [0.4, 0.5) is 0 Å². The van der Waals surface area contributed by atoms with E-state index in [1.54, 1.807) is 0 Å². The van der Waals surface area contributed by atoms with Gasteiger partial charge in [0.25, 0.3) is 0 Å². The van der Waals surface area contributed by atoms with Crippen LogP contribution in [0.1, 0.15) is 18.4 Å². The molecular weight excluding hydrogens is 220 g/mol. The summed E-state index contributed by atoms with van der Waals surface area (Å²) < 4.78 is 1.05. The van der Waals surface area contributed by atoms with Crippen LogP contribution in [0, 0.1) is 0 Å². The summed E-state index contributed by atoms with van der Waals surface area (Å²) in [6, 6.07) is 10.7. The first kappa shape index (κ1) is 15.4. The highest BCUT2D eigenvalue weighted by Gasteiger charge is 2.14. The fraction of sp³-hybridized carbons (Fsp3) is 0.538. The number of quaternary nitrogens is 1. The van der Waals surface area contributed by atoms with Gasteiger partial charge in [0, 0.05) is 5.56 Å². The topological polar surface area (TPSA) is 26.0 Å². The molecule has 1 rings (SSSR count). The summed E-state index contributed by atoms with van der Waals surface area (Å²) in [5, 5.41) is 0. The summed E-state index contributed by atoms with van der Waals surface area (Å²) in [4.78, 5) is 0. The molecule has 0 aliphatic rings. The van der Waals surface area contributed by atoms with Gasteiger partial charge in [-0.1, -0.05) is 30.3 Å². The molecule has 0 bridgehead atoms. The first-order valence-electron chi connectivity index (χ1n) is 5.70. The molecule has 92 valence electrons. The van der Waals surface area contributed by atoms with Crippen LogP contribution in [0.2, 0.25) is 0 Å². The van der Waals surface area contributed by atoms with Gasteiger partial charge in [0.1, 0.15) is 6.54 Å². The maximum atomic E-state index is 5.50. The quantitative estimate of drug-likeness (QED) is 0.503. The van der Waals surface area contributed by atoms with E-state index in [4.69, 9.17) is 5.73 Å². The molecule has 0 aromatic heterocycles. The minimum atomic E-state index is 0. The van der Waals surface area contributed by atoms with Crippen molar-refractivity contribution >= 4 is 0 Å². The molecule has 0 heterocycles. The van der Waals surface area contributed by atoms with E-state index in [1.165, 1.54) is 18.5 Å². The third-order valence-corrected chi connectivity index (χ3v) is 2.67. The smallest absolute Gasteiger partial charge is 0.104 e. The van der Waals surface area contributed by atoms with Gasteiger partial charge < -0.3 is 22.6 Å². The van der Waals surface area contributed by atoms with Crippen molar-refractivity contribution in [1.82, 2.24) is 0 Å². The van der Waals surface area contributed by atoms with Crippen molar-refractivity contribution in [2.24, 2.45) is 5.73 Å². The molecule has 2 N–H and O–H groups in total. The molecule has 0 amide bonds. The number of benzene rings is 1. The Hall–Kier alpha value is -0.570. The van der Waals surface area contributed by atoms with Gasteiger partial charge >= 0.3 is 0 Å². The molecule has 2 nitrogen and oxygen atoms in total. The molecular formula is C13H23ClN2. The van der Waals surface area contributed by atoms with Crippen molar-refractivity contribution in [2.45, 2.75) is 19.4 Å². The molecule has 0 radical (unpaired) electrons. The van der Waals surface area contributed by atoms with Crippen molar-refractivity contribution in [3.63, 3.8) is 0 Å². The highest BCUT2D eigenvalue weighted by atomic mass is 35.5. The SMILES string of the molecule is C[N+](C)(CCCCN)Cc1ccccc1.[Cl-]. The maximum absolute atomic E-state index is 5.50. The van der Waals surface area contributed by atoms with Crippen LogP contribution >= 0.6 is 0 Å². The van der Waals surface area contributed by atoms with E-state index < -0.39 is 0 Å². The van der Waals surface area contributed by atoms with E-state index in [2.05, 4.69) is 44.4 Å². The predicted molar refractivity (Wildman–Crippen MR) is 65.4 cm³/mol. The van der Waals surface area contributed by atoms with Crippen molar-refractivity contribution in [2.75, 3.05) is 27.2 Å². The number of unbranched alkanes of at least 4 members (excludes halogenated alkanes) is 1. The summed E-state index contributed by atoms with van der Waals surface area (Å²) in [6.07, 6.45) is 2.35. The molecule has 0 fully saturated rings. The van der Waals surface area contributed by atoms with Gasteiger partial charge in [0.2, 0.25) is 0 Å². The van der Waals surface area contributed by atoms with Crippen molar-refractivity contribution < 1.29 is 16.9 Å². The molecule has 16 heavy (non-hydrogen) atoms. The zero-order valence-corrected chi connectivity index (χ0v) is 11.1. The second kappa shape index (κ2) is 7.66. The van der Waals surface area contributed by atoms with Crippen LogP contribution in [-0.2, 0) is 6.54 Å². The second-order valence-electron chi connectivity index (χ2n) is 4.80. The predicted octanol–water partition coefficient (Wildman–Crippen LogP) is -0.994. The molecule has 1 aromatic carbocycles. The normalized spacial score (nSPS) is 10.9. The third kappa shape index (κ3) is 6.11. The lowest BCUT2D eigenvalue weighted by atomic mass is 10.2. The summed E-state index contributed by atoms with van der Waals surface area (Å²) in [6.45, 7) is 3.11. The fourth-order valence-electron chi connectivity index (χ4n) is 1.84. The summed E-state index contributed by atoms with van der Waals surface area (Å²) >= 11 is 0. The lowest BCUT2D eigenvalue weighted by Crippen LogP contribution is -3.00. The van der Waals surface area contributed by atoms with E-state index in [0.717, 1.165) is 24.0 Å². The molecule has 1 aromatic rings. The standard InChI is InChI=1S/C13H23N2.ClH/c1-15(2,11-7-6-10-14)12-13-8-4-3-5-9-13;/h3-5,8-9H,6-7,10-12,14H2,1-2H3;1H/q+1;/p-1. The van der Waals surface area contributed by atoms with Gasteiger partial charge in [-0.25, -0.2) is 0 Å². The number of nitrogens with zero attached hydrogens (tertiary/aromatic N) is 1. The van der Waals surface area contributed by atoms with Crippen LogP contribution in [0.5, 0.6) is 0 Å². The molecule has 0 spiro atoms. The maximum Gasteiger partial charge on any atom is 0.104 e. The Kier molecular flexibility index (Phi) is 7.39. The fourth-order valence-corrected chi connectivity index (χ4v) is 1.84. The first-order valence-corrected chi connectivity index (χ1v) is 5.70. The molecule has 3 heteroatoms. The van der Waals surface area contributed by atoms with E-state index in [1.807, 2.05) is 0 Å². The minimum Gasteiger partial charge on any atom is -1.00 e. The number of halogens is 1. The van der Waals surface area contributed by atoms with Gasteiger partial charge in [-0.05, 0) is 19.4 Å². The zero-order valence-electron chi connectivity index (χ0n) is 10.3.